The van der Waals surface area contributed by atoms with Gasteiger partial charge in [-0.15, -0.1) is 0 Å². The highest BCUT2D eigenvalue weighted by Gasteiger charge is 2.32. The Balaban J connectivity index is 1.93. The van der Waals surface area contributed by atoms with Gasteiger partial charge in [-0.25, -0.2) is 0 Å². The molecule has 1 saturated heterocycles. The number of carbonyl (C=O) groups is 1. The molecule has 0 aromatic rings. The zero-order chi connectivity index (χ0) is 12.3. The molecule has 1 N–H and O–H groups in total. The van der Waals surface area contributed by atoms with Crippen LogP contribution >= 0.6 is 0 Å². The number of hydrogen-bond acceptors (Lipinski definition) is 3. The number of Topliss-reactive ketones (excluding diaryl/α,β-unsaturated/α-hetero) is 1. The SMILES string of the molecule is CNC(C1CCC(=O)CC1)C1CCCN(C)C1. The van der Waals surface area contributed by atoms with Crippen LogP contribution < -0.4 is 5.32 Å². The van der Waals surface area contributed by atoms with Crippen molar-refractivity contribution >= 4 is 5.78 Å². The van der Waals surface area contributed by atoms with Crippen LogP contribution in [0.25, 0.3) is 0 Å². The summed E-state index contributed by atoms with van der Waals surface area (Å²) in [7, 11) is 4.32. The normalized spacial score (nSPS) is 30.5. The van der Waals surface area contributed by atoms with Crippen LogP contribution in [0, 0.1) is 11.8 Å². The first-order valence-electron chi connectivity index (χ1n) is 7.08. The standard InChI is InChI=1S/C14H26N2O/c1-15-14(11-5-7-13(17)8-6-11)12-4-3-9-16(2)10-12/h11-12,14-15H,3-10H2,1-2H3. The molecule has 2 fully saturated rings. The molecule has 17 heavy (non-hydrogen) atoms. The molecule has 1 aliphatic heterocycles. The lowest BCUT2D eigenvalue weighted by Crippen LogP contribution is -2.48. The number of hydrogen-bond donors (Lipinski definition) is 1. The van der Waals surface area contributed by atoms with Crippen LogP contribution in [0.3, 0.4) is 0 Å². The highest BCUT2D eigenvalue weighted by molar-refractivity contribution is 5.79. The molecule has 0 aromatic heterocycles. The molecule has 1 heterocycles. The van der Waals surface area contributed by atoms with E-state index in [1.54, 1.807) is 0 Å². The summed E-state index contributed by atoms with van der Waals surface area (Å²) in [6.07, 6.45) is 6.50. The number of nitrogens with zero attached hydrogens (tertiary/aromatic N) is 1. The largest absolute Gasteiger partial charge is 0.316 e. The molecule has 2 aliphatic rings. The monoisotopic (exact) mass is 238 g/mol. The van der Waals surface area contributed by atoms with Gasteiger partial charge in [-0.05, 0) is 58.2 Å². The fourth-order valence-electron chi connectivity index (χ4n) is 3.68. The van der Waals surface area contributed by atoms with Crippen molar-refractivity contribution in [3.05, 3.63) is 0 Å². The summed E-state index contributed by atoms with van der Waals surface area (Å²) in [6, 6.07) is 0.617. The van der Waals surface area contributed by atoms with Crippen molar-refractivity contribution in [2.45, 2.75) is 44.6 Å². The predicted octanol–water partition coefficient (Wildman–Crippen LogP) is 1.68. The predicted molar refractivity (Wildman–Crippen MR) is 70.0 cm³/mol. The topological polar surface area (TPSA) is 32.3 Å². The van der Waals surface area contributed by atoms with Crippen molar-refractivity contribution in [1.29, 1.82) is 0 Å². The minimum Gasteiger partial charge on any atom is -0.316 e. The van der Waals surface area contributed by atoms with Gasteiger partial charge in [-0.1, -0.05) is 0 Å². The van der Waals surface area contributed by atoms with Crippen molar-refractivity contribution in [2.24, 2.45) is 11.8 Å². The van der Waals surface area contributed by atoms with E-state index in [-0.39, 0.29) is 0 Å². The molecule has 3 heteroatoms. The Morgan fingerprint density at radius 1 is 1.24 bits per heavy atom. The first-order chi connectivity index (χ1) is 8.20. The van der Waals surface area contributed by atoms with Gasteiger partial charge in [0.1, 0.15) is 5.78 Å². The van der Waals surface area contributed by atoms with Crippen molar-refractivity contribution < 1.29 is 4.79 Å². The van der Waals surface area contributed by atoms with E-state index in [2.05, 4.69) is 24.3 Å². The first-order valence-corrected chi connectivity index (χ1v) is 7.08. The zero-order valence-corrected chi connectivity index (χ0v) is 11.2. The van der Waals surface area contributed by atoms with Crippen LogP contribution in [-0.2, 0) is 4.79 Å². The van der Waals surface area contributed by atoms with Crippen LogP contribution in [0.4, 0.5) is 0 Å². The average Bonchev–Trinajstić information content (AvgIpc) is 2.33. The summed E-state index contributed by atoms with van der Waals surface area (Å²) >= 11 is 0. The lowest BCUT2D eigenvalue weighted by Gasteiger charge is -2.40. The highest BCUT2D eigenvalue weighted by Crippen LogP contribution is 2.31. The van der Waals surface area contributed by atoms with Crippen LogP contribution in [0.15, 0.2) is 0 Å². The Morgan fingerprint density at radius 2 is 1.94 bits per heavy atom. The van der Waals surface area contributed by atoms with Gasteiger partial charge in [0.05, 0.1) is 0 Å². The zero-order valence-electron chi connectivity index (χ0n) is 11.2. The van der Waals surface area contributed by atoms with Gasteiger partial charge in [0.15, 0.2) is 0 Å². The van der Waals surface area contributed by atoms with Crippen LogP contribution in [0.2, 0.25) is 0 Å². The quantitative estimate of drug-likeness (QED) is 0.812. The van der Waals surface area contributed by atoms with E-state index in [1.165, 1.54) is 25.9 Å². The summed E-state index contributed by atoms with van der Waals surface area (Å²) in [5.41, 5.74) is 0. The van der Waals surface area contributed by atoms with Gasteiger partial charge in [-0.2, -0.15) is 0 Å². The van der Waals surface area contributed by atoms with Gasteiger partial charge in [0, 0.05) is 25.4 Å². The maximum Gasteiger partial charge on any atom is 0.132 e. The molecule has 2 atom stereocenters. The van der Waals surface area contributed by atoms with Crippen molar-refractivity contribution in [2.75, 3.05) is 27.2 Å². The molecule has 3 nitrogen and oxygen atoms in total. The van der Waals surface area contributed by atoms with Gasteiger partial charge in [0.2, 0.25) is 0 Å². The molecule has 1 aliphatic carbocycles. The molecular formula is C14H26N2O. The second kappa shape index (κ2) is 5.96. The Kier molecular flexibility index (Phi) is 4.57. The van der Waals surface area contributed by atoms with E-state index in [4.69, 9.17) is 0 Å². The van der Waals surface area contributed by atoms with E-state index in [9.17, 15) is 4.79 Å². The third-order valence-corrected chi connectivity index (χ3v) is 4.60. The maximum atomic E-state index is 11.3. The van der Waals surface area contributed by atoms with E-state index in [1.807, 2.05) is 0 Å². The van der Waals surface area contributed by atoms with E-state index in [0.29, 0.717) is 17.7 Å². The number of likely N-dealkylation sites (tertiary alicyclic amines) is 1. The lowest BCUT2D eigenvalue weighted by atomic mass is 9.76. The third-order valence-electron chi connectivity index (χ3n) is 4.60. The summed E-state index contributed by atoms with van der Waals surface area (Å²) in [6.45, 7) is 2.46. The van der Waals surface area contributed by atoms with E-state index >= 15 is 0 Å². The minimum absolute atomic E-state index is 0.469. The Morgan fingerprint density at radius 3 is 2.53 bits per heavy atom. The molecule has 0 amide bonds. The number of nitrogens with one attached hydrogen (secondary N) is 1. The summed E-state index contributed by atoms with van der Waals surface area (Å²) in [5.74, 6) is 1.96. The Hall–Kier alpha value is -0.410. The third kappa shape index (κ3) is 3.29. The molecule has 98 valence electrons. The minimum atomic E-state index is 0.469. The second-order valence-corrected chi connectivity index (χ2v) is 5.86. The first kappa shape index (κ1) is 13.0. The van der Waals surface area contributed by atoms with Gasteiger partial charge < -0.3 is 10.2 Å². The second-order valence-electron chi connectivity index (χ2n) is 5.86. The number of piperidine rings is 1. The Labute approximate surface area is 105 Å². The Bertz CT molecular complexity index is 257. The van der Waals surface area contributed by atoms with Gasteiger partial charge in [-0.3, -0.25) is 4.79 Å². The van der Waals surface area contributed by atoms with Crippen molar-refractivity contribution in [1.82, 2.24) is 10.2 Å². The van der Waals surface area contributed by atoms with Crippen molar-refractivity contribution in [3.8, 4) is 0 Å². The molecular weight excluding hydrogens is 212 g/mol. The van der Waals surface area contributed by atoms with Crippen LogP contribution in [0.1, 0.15) is 38.5 Å². The number of ketones is 1. The summed E-state index contributed by atoms with van der Waals surface area (Å²) < 4.78 is 0. The van der Waals surface area contributed by atoms with Crippen LogP contribution in [-0.4, -0.2) is 43.9 Å². The smallest absolute Gasteiger partial charge is 0.132 e. The number of rotatable bonds is 3. The number of carbonyl (C=O) groups excluding carboxylic acids is 1. The fraction of sp³-hybridized carbons (Fsp3) is 0.929. The van der Waals surface area contributed by atoms with Crippen molar-refractivity contribution in [3.63, 3.8) is 0 Å². The van der Waals surface area contributed by atoms with E-state index < -0.39 is 0 Å². The van der Waals surface area contributed by atoms with Crippen LogP contribution in [0.5, 0.6) is 0 Å². The molecule has 0 spiro atoms. The molecule has 2 rings (SSSR count). The van der Waals surface area contributed by atoms with Gasteiger partial charge in [0.25, 0.3) is 0 Å². The van der Waals surface area contributed by atoms with E-state index in [0.717, 1.165) is 31.6 Å². The molecule has 0 radical (unpaired) electrons. The highest BCUT2D eigenvalue weighted by atomic mass is 16.1. The molecule has 0 aromatic carbocycles. The lowest BCUT2D eigenvalue weighted by molar-refractivity contribution is -0.121. The maximum absolute atomic E-state index is 11.3. The molecule has 2 unspecified atom stereocenters. The molecule has 0 bridgehead atoms. The summed E-state index contributed by atoms with van der Waals surface area (Å²) in [5, 5.41) is 3.54. The average molecular weight is 238 g/mol. The van der Waals surface area contributed by atoms with Gasteiger partial charge >= 0.3 is 0 Å². The molecule has 1 saturated carbocycles. The summed E-state index contributed by atoms with van der Waals surface area (Å²) in [4.78, 5) is 13.8. The fourth-order valence-corrected chi connectivity index (χ4v) is 3.68.